The van der Waals surface area contributed by atoms with Crippen molar-refractivity contribution in [2.45, 2.75) is 0 Å². The van der Waals surface area contributed by atoms with Gasteiger partial charge in [-0.05, 0) is 0 Å². The van der Waals surface area contributed by atoms with Crippen LogP contribution in [0.1, 0.15) is 10.5 Å². The fourth-order valence-electron chi connectivity index (χ4n) is 2.03. The molecule has 0 aliphatic carbocycles. The number of hydrogen-bond donors (Lipinski definition) is 1. The maximum absolute atomic E-state index is 11.9. The minimum Gasteiger partial charge on any atom is -0.451 e. The molecule has 2 aromatic heterocycles. The number of nitrogens with zero attached hydrogens (tertiary/aromatic N) is 3. The lowest BCUT2D eigenvalue weighted by Gasteiger charge is -2.03. The molecule has 128 valence electrons. The molecule has 1 amide bonds. The number of hydrogen-bond acceptors (Lipinski definition) is 6. The van der Waals surface area contributed by atoms with E-state index in [9.17, 15) is 9.59 Å². The molecule has 9 heteroatoms. The highest BCUT2D eigenvalue weighted by Gasteiger charge is 2.18. The molecule has 3 rings (SSSR count). The van der Waals surface area contributed by atoms with E-state index in [1.807, 2.05) is 35.7 Å². The van der Waals surface area contributed by atoms with Gasteiger partial charge in [0.1, 0.15) is 0 Å². The average molecular weight is 377 g/mol. The number of aryl methyl sites for hydroxylation is 1. The Labute approximate surface area is 152 Å². The summed E-state index contributed by atoms with van der Waals surface area (Å²) in [4.78, 5) is 28.1. The van der Waals surface area contributed by atoms with Crippen LogP contribution in [0.5, 0.6) is 0 Å². The molecule has 2 heterocycles. The van der Waals surface area contributed by atoms with Gasteiger partial charge in [0, 0.05) is 24.2 Å². The minimum absolute atomic E-state index is 0.0300. The third-order valence-electron chi connectivity index (χ3n) is 3.13. The number of thiazole rings is 1. The van der Waals surface area contributed by atoms with Crippen molar-refractivity contribution in [2.24, 2.45) is 7.05 Å². The van der Waals surface area contributed by atoms with Crippen LogP contribution < -0.4 is 5.32 Å². The zero-order chi connectivity index (χ0) is 17.8. The first-order chi connectivity index (χ1) is 12.0. The molecule has 0 aliphatic heterocycles. The zero-order valence-corrected chi connectivity index (χ0v) is 14.7. The van der Waals surface area contributed by atoms with Crippen LogP contribution in [0.25, 0.3) is 11.3 Å². The molecule has 0 saturated carbocycles. The summed E-state index contributed by atoms with van der Waals surface area (Å²) >= 11 is 7.14. The van der Waals surface area contributed by atoms with Gasteiger partial charge < -0.3 is 4.74 Å². The van der Waals surface area contributed by atoms with Gasteiger partial charge in [0.15, 0.2) is 17.4 Å². The predicted octanol–water partition coefficient (Wildman–Crippen LogP) is 2.99. The maximum Gasteiger partial charge on any atom is 0.360 e. The summed E-state index contributed by atoms with van der Waals surface area (Å²) in [5, 5.41) is 8.90. The summed E-state index contributed by atoms with van der Waals surface area (Å²) in [5.74, 6) is -1.25. The van der Waals surface area contributed by atoms with Crippen molar-refractivity contribution >= 4 is 39.9 Å². The standard InChI is InChI=1S/C16H13ClN4O3S/c1-21-7-11(17)14(20-21)15(23)24-8-13(22)19-16-18-12(9-25-16)10-5-3-2-4-6-10/h2-7,9H,8H2,1H3,(H,18,19,22). The number of benzene rings is 1. The minimum atomic E-state index is -0.759. The van der Waals surface area contributed by atoms with E-state index < -0.39 is 18.5 Å². The van der Waals surface area contributed by atoms with E-state index in [0.717, 1.165) is 11.3 Å². The Balaban J connectivity index is 1.55. The Morgan fingerprint density at radius 1 is 1.32 bits per heavy atom. The molecule has 0 aliphatic rings. The third kappa shape index (κ3) is 4.23. The summed E-state index contributed by atoms with van der Waals surface area (Å²) in [6, 6.07) is 9.60. The van der Waals surface area contributed by atoms with Crippen LogP contribution >= 0.6 is 22.9 Å². The molecule has 0 spiro atoms. The largest absolute Gasteiger partial charge is 0.451 e. The second-order valence-electron chi connectivity index (χ2n) is 5.03. The van der Waals surface area contributed by atoms with E-state index in [1.165, 1.54) is 22.2 Å². The molecule has 0 unspecified atom stereocenters. The van der Waals surface area contributed by atoms with Crippen molar-refractivity contribution in [3.63, 3.8) is 0 Å². The van der Waals surface area contributed by atoms with E-state index in [1.54, 1.807) is 7.05 Å². The molecular weight excluding hydrogens is 364 g/mol. The number of amides is 1. The lowest BCUT2D eigenvalue weighted by molar-refractivity contribution is -0.119. The van der Waals surface area contributed by atoms with Gasteiger partial charge in [-0.25, -0.2) is 9.78 Å². The number of aromatic nitrogens is 3. The van der Waals surface area contributed by atoms with Crippen LogP contribution in [0.2, 0.25) is 5.02 Å². The number of nitrogens with one attached hydrogen (secondary N) is 1. The number of ether oxygens (including phenoxy) is 1. The average Bonchev–Trinajstić information content (AvgIpc) is 3.19. The second-order valence-corrected chi connectivity index (χ2v) is 6.29. The van der Waals surface area contributed by atoms with Crippen LogP contribution in [-0.4, -0.2) is 33.2 Å². The molecule has 0 saturated heterocycles. The number of esters is 1. The Morgan fingerprint density at radius 2 is 2.08 bits per heavy atom. The molecule has 0 fully saturated rings. The highest BCUT2D eigenvalue weighted by molar-refractivity contribution is 7.14. The van der Waals surface area contributed by atoms with E-state index in [0.29, 0.717) is 5.13 Å². The van der Waals surface area contributed by atoms with E-state index in [4.69, 9.17) is 16.3 Å². The number of anilines is 1. The number of carbonyl (C=O) groups is 2. The highest BCUT2D eigenvalue weighted by Crippen LogP contribution is 2.24. The normalized spacial score (nSPS) is 10.5. The second kappa shape index (κ2) is 7.45. The SMILES string of the molecule is Cn1cc(Cl)c(C(=O)OCC(=O)Nc2nc(-c3ccccc3)cs2)n1. The van der Waals surface area contributed by atoms with Crippen LogP contribution in [0.15, 0.2) is 41.9 Å². The fourth-order valence-corrected chi connectivity index (χ4v) is 3.02. The van der Waals surface area contributed by atoms with Crippen LogP contribution in [0.3, 0.4) is 0 Å². The van der Waals surface area contributed by atoms with E-state index in [2.05, 4.69) is 15.4 Å². The zero-order valence-electron chi connectivity index (χ0n) is 13.1. The van der Waals surface area contributed by atoms with Crippen molar-refractivity contribution in [2.75, 3.05) is 11.9 Å². The molecule has 3 aromatic rings. The van der Waals surface area contributed by atoms with Crippen LogP contribution in [0.4, 0.5) is 5.13 Å². The summed E-state index contributed by atoms with van der Waals surface area (Å²) in [5.41, 5.74) is 1.69. The van der Waals surface area contributed by atoms with Gasteiger partial charge in [-0.3, -0.25) is 14.8 Å². The summed E-state index contributed by atoms with van der Waals surface area (Å²) in [6.45, 7) is -0.452. The molecular formula is C16H13ClN4O3S. The van der Waals surface area contributed by atoms with Crippen molar-refractivity contribution in [3.05, 3.63) is 52.6 Å². The summed E-state index contributed by atoms with van der Waals surface area (Å²) in [6.07, 6.45) is 1.47. The lowest BCUT2D eigenvalue weighted by atomic mass is 10.2. The summed E-state index contributed by atoms with van der Waals surface area (Å²) in [7, 11) is 1.63. The van der Waals surface area contributed by atoms with Gasteiger partial charge in [-0.2, -0.15) is 5.10 Å². The Bertz CT molecular complexity index is 907. The fraction of sp³-hybridized carbons (Fsp3) is 0.125. The first kappa shape index (κ1) is 17.1. The topological polar surface area (TPSA) is 86.1 Å². The highest BCUT2D eigenvalue weighted by atomic mass is 35.5. The van der Waals surface area contributed by atoms with E-state index in [-0.39, 0.29) is 10.7 Å². The summed E-state index contributed by atoms with van der Waals surface area (Å²) < 4.78 is 6.30. The van der Waals surface area contributed by atoms with Crippen molar-refractivity contribution in [1.82, 2.24) is 14.8 Å². The van der Waals surface area contributed by atoms with Gasteiger partial charge in [0.05, 0.1) is 10.7 Å². The number of rotatable bonds is 5. The molecule has 7 nitrogen and oxygen atoms in total. The Hall–Kier alpha value is -2.71. The Kier molecular flexibility index (Phi) is 5.11. The van der Waals surface area contributed by atoms with Crippen molar-refractivity contribution < 1.29 is 14.3 Å². The quantitative estimate of drug-likeness (QED) is 0.692. The first-order valence-electron chi connectivity index (χ1n) is 7.20. The monoisotopic (exact) mass is 376 g/mol. The van der Waals surface area contributed by atoms with Gasteiger partial charge in [-0.1, -0.05) is 41.9 Å². The van der Waals surface area contributed by atoms with Crippen molar-refractivity contribution in [1.29, 1.82) is 0 Å². The first-order valence-corrected chi connectivity index (χ1v) is 8.46. The van der Waals surface area contributed by atoms with E-state index >= 15 is 0 Å². The van der Waals surface area contributed by atoms with Crippen LogP contribution in [-0.2, 0) is 16.6 Å². The molecule has 0 bridgehead atoms. The third-order valence-corrected chi connectivity index (χ3v) is 4.17. The maximum atomic E-state index is 11.9. The molecule has 1 aromatic carbocycles. The Morgan fingerprint density at radius 3 is 2.76 bits per heavy atom. The van der Waals surface area contributed by atoms with Crippen molar-refractivity contribution in [3.8, 4) is 11.3 Å². The lowest BCUT2D eigenvalue weighted by Crippen LogP contribution is -2.21. The molecule has 25 heavy (non-hydrogen) atoms. The van der Waals surface area contributed by atoms with Gasteiger partial charge in [0.2, 0.25) is 0 Å². The van der Waals surface area contributed by atoms with Crippen LogP contribution in [0, 0.1) is 0 Å². The van der Waals surface area contributed by atoms with Gasteiger partial charge >= 0.3 is 5.97 Å². The molecule has 1 N–H and O–H groups in total. The van der Waals surface area contributed by atoms with Gasteiger partial charge in [0.25, 0.3) is 5.91 Å². The number of halogens is 1. The smallest absolute Gasteiger partial charge is 0.360 e. The molecule has 0 radical (unpaired) electrons. The van der Waals surface area contributed by atoms with Gasteiger partial charge in [-0.15, -0.1) is 11.3 Å². The number of carbonyl (C=O) groups excluding carboxylic acids is 2. The predicted molar refractivity (Wildman–Crippen MR) is 94.7 cm³/mol. The molecule has 0 atom stereocenters.